The first-order valence-corrected chi connectivity index (χ1v) is 4.42. The van der Waals surface area contributed by atoms with Gasteiger partial charge in [-0.2, -0.15) is 0 Å². The molecule has 1 aromatic carbocycles. The van der Waals surface area contributed by atoms with E-state index in [1.807, 2.05) is 36.4 Å². The van der Waals surface area contributed by atoms with Crippen LogP contribution in [-0.2, 0) is 0 Å². The average Bonchev–Trinajstić information content (AvgIpc) is 2.17. The van der Waals surface area contributed by atoms with Crippen molar-refractivity contribution in [3.8, 4) is 0 Å². The fourth-order valence-electron chi connectivity index (χ4n) is 1.07. The maximum Gasteiger partial charge on any atom is 0.0261 e. The SMILES string of the molecule is C=CC[C@H](N)/C=C/c1ccccc1. The zero-order valence-corrected chi connectivity index (χ0v) is 7.69. The number of hydrogen-bond donors (Lipinski definition) is 1. The molecule has 0 saturated heterocycles. The molecule has 0 aromatic heterocycles. The Labute approximate surface area is 79.6 Å². The van der Waals surface area contributed by atoms with Crippen molar-refractivity contribution >= 4 is 6.08 Å². The van der Waals surface area contributed by atoms with Crippen LogP contribution in [0.3, 0.4) is 0 Å². The lowest BCUT2D eigenvalue weighted by molar-refractivity contribution is 0.839. The van der Waals surface area contributed by atoms with Crippen LogP contribution in [0.5, 0.6) is 0 Å². The second-order valence-corrected chi connectivity index (χ2v) is 2.96. The van der Waals surface area contributed by atoms with E-state index in [-0.39, 0.29) is 6.04 Å². The highest BCUT2D eigenvalue weighted by Crippen LogP contribution is 2.02. The van der Waals surface area contributed by atoms with E-state index in [4.69, 9.17) is 5.73 Å². The van der Waals surface area contributed by atoms with Gasteiger partial charge in [-0.25, -0.2) is 0 Å². The molecule has 0 aliphatic rings. The van der Waals surface area contributed by atoms with Gasteiger partial charge in [-0.15, -0.1) is 6.58 Å². The highest BCUT2D eigenvalue weighted by molar-refractivity contribution is 5.49. The van der Waals surface area contributed by atoms with E-state index in [9.17, 15) is 0 Å². The summed E-state index contributed by atoms with van der Waals surface area (Å²) in [5, 5.41) is 0. The maximum absolute atomic E-state index is 5.77. The minimum absolute atomic E-state index is 0.0812. The largest absolute Gasteiger partial charge is 0.324 e. The molecule has 1 atom stereocenters. The zero-order chi connectivity index (χ0) is 9.52. The molecule has 2 N–H and O–H groups in total. The molecule has 0 amide bonds. The third-order valence-electron chi connectivity index (χ3n) is 1.77. The van der Waals surface area contributed by atoms with Crippen molar-refractivity contribution in [2.75, 3.05) is 0 Å². The molecule has 0 unspecified atom stereocenters. The van der Waals surface area contributed by atoms with Crippen molar-refractivity contribution in [1.82, 2.24) is 0 Å². The van der Waals surface area contributed by atoms with E-state index in [0.29, 0.717) is 0 Å². The van der Waals surface area contributed by atoms with Crippen LogP contribution < -0.4 is 5.73 Å². The van der Waals surface area contributed by atoms with Crippen molar-refractivity contribution in [2.24, 2.45) is 5.73 Å². The van der Waals surface area contributed by atoms with Crippen LogP contribution >= 0.6 is 0 Å². The lowest BCUT2D eigenvalue weighted by atomic mass is 10.1. The Bertz CT molecular complexity index is 274. The van der Waals surface area contributed by atoms with Gasteiger partial charge < -0.3 is 5.73 Å². The van der Waals surface area contributed by atoms with Crippen molar-refractivity contribution in [1.29, 1.82) is 0 Å². The second kappa shape index (κ2) is 5.33. The molecule has 0 bridgehead atoms. The number of hydrogen-bond acceptors (Lipinski definition) is 1. The molecule has 0 heterocycles. The van der Waals surface area contributed by atoms with Gasteiger partial charge in [0.15, 0.2) is 0 Å². The minimum Gasteiger partial charge on any atom is -0.324 e. The van der Waals surface area contributed by atoms with Crippen molar-refractivity contribution in [3.05, 3.63) is 54.6 Å². The van der Waals surface area contributed by atoms with Crippen LogP contribution in [0.15, 0.2) is 49.1 Å². The van der Waals surface area contributed by atoms with Gasteiger partial charge >= 0.3 is 0 Å². The fourth-order valence-corrected chi connectivity index (χ4v) is 1.07. The highest BCUT2D eigenvalue weighted by atomic mass is 14.6. The van der Waals surface area contributed by atoms with Crippen LogP contribution in [-0.4, -0.2) is 6.04 Å². The molecule has 0 aliphatic carbocycles. The molecule has 0 fully saturated rings. The van der Waals surface area contributed by atoms with Gasteiger partial charge in [0.05, 0.1) is 0 Å². The van der Waals surface area contributed by atoms with Gasteiger partial charge in [0.2, 0.25) is 0 Å². The number of benzene rings is 1. The van der Waals surface area contributed by atoms with E-state index in [0.717, 1.165) is 6.42 Å². The van der Waals surface area contributed by atoms with Gasteiger partial charge in [0, 0.05) is 6.04 Å². The van der Waals surface area contributed by atoms with Crippen molar-refractivity contribution < 1.29 is 0 Å². The normalized spacial score (nSPS) is 13.0. The van der Waals surface area contributed by atoms with Gasteiger partial charge in [-0.1, -0.05) is 48.6 Å². The van der Waals surface area contributed by atoms with Gasteiger partial charge in [-0.3, -0.25) is 0 Å². The molecule has 0 spiro atoms. The second-order valence-electron chi connectivity index (χ2n) is 2.96. The monoisotopic (exact) mass is 173 g/mol. The third kappa shape index (κ3) is 3.72. The summed E-state index contributed by atoms with van der Waals surface area (Å²) in [7, 11) is 0. The molecule has 0 radical (unpaired) electrons. The summed E-state index contributed by atoms with van der Waals surface area (Å²) in [5.41, 5.74) is 6.96. The third-order valence-corrected chi connectivity index (χ3v) is 1.77. The Morgan fingerprint density at radius 2 is 2.00 bits per heavy atom. The van der Waals surface area contributed by atoms with Gasteiger partial charge in [0.25, 0.3) is 0 Å². The predicted molar refractivity (Wildman–Crippen MR) is 58.3 cm³/mol. The van der Waals surface area contributed by atoms with E-state index in [1.165, 1.54) is 5.56 Å². The minimum atomic E-state index is 0.0812. The summed E-state index contributed by atoms with van der Waals surface area (Å²) >= 11 is 0. The van der Waals surface area contributed by atoms with Gasteiger partial charge in [0.1, 0.15) is 0 Å². The van der Waals surface area contributed by atoms with Crippen LogP contribution in [0, 0.1) is 0 Å². The quantitative estimate of drug-likeness (QED) is 0.696. The summed E-state index contributed by atoms with van der Waals surface area (Å²) in [4.78, 5) is 0. The lowest BCUT2D eigenvalue weighted by Gasteiger charge is -2.00. The lowest BCUT2D eigenvalue weighted by Crippen LogP contribution is -2.14. The molecule has 1 rings (SSSR count). The zero-order valence-electron chi connectivity index (χ0n) is 7.69. The molecule has 0 aliphatic heterocycles. The summed E-state index contributed by atoms with van der Waals surface area (Å²) in [5.74, 6) is 0. The van der Waals surface area contributed by atoms with Crippen molar-refractivity contribution in [3.63, 3.8) is 0 Å². The van der Waals surface area contributed by atoms with E-state index in [1.54, 1.807) is 0 Å². The Morgan fingerprint density at radius 3 is 2.62 bits per heavy atom. The van der Waals surface area contributed by atoms with E-state index in [2.05, 4.69) is 18.7 Å². The summed E-state index contributed by atoms with van der Waals surface area (Å²) in [6, 6.07) is 10.2. The molecule has 68 valence electrons. The molecule has 13 heavy (non-hydrogen) atoms. The topological polar surface area (TPSA) is 26.0 Å². The van der Waals surface area contributed by atoms with Gasteiger partial charge in [-0.05, 0) is 12.0 Å². The first-order valence-electron chi connectivity index (χ1n) is 4.42. The number of nitrogens with two attached hydrogens (primary N) is 1. The smallest absolute Gasteiger partial charge is 0.0261 e. The summed E-state index contributed by atoms with van der Waals surface area (Å²) in [6.45, 7) is 3.64. The standard InChI is InChI=1S/C12H15N/c1-2-6-12(13)10-9-11-7-4-3-5-8-11/h2-5,7-10,12H,1,6,13H2/b10-9+/t12-/m0/s1. The van der Waals surface area contributed by atoms with Crippen LogP contribution in [0.25, 0.3) is 6.08 Å². The van der Waals surface area contributed by atoms with Crippen LogP contribution in [0.2, 0.25) is 0 Å². The first-order chi connectivity index (χ1) is 6.33. The fraction of sp³-hybridized carbons (Fsp3) is 0.167. The molecule has 0 saturated carbocycles. The Morgan fingerprint density at radius 1 is 1.31 bits per heavy atom. The Hall–Kier alpha value is -1.34. The molecular formula is C12H15N. The van der Waals surface area contributed by atoms with Crippen LogP contribution in [0.1, 0.15) is 12.0 Å². The Balaban J connectivity index is 2.53. The number of rotatable bonds is 4. The summed E-state index contributed by atoms with van der Waals surface area (Å²) < 4.78 is 0. The molecule has 1 aromatic rings. The Kier molecular flexibility index (Phi) is 4.00. The molecular weight excluding hydrogens is 158 g/mol. The van der Waals surface area contributed by atoms with E-state index < -0.39 is 0 Å². The first kappa shape index (κ1) is 9.75. The van der Waals surface area contributed by atoms with Crippen LogP contribution in [0.4, 0.5) is 0 Å². The van der Waals surface area contributed by atoms with Crippen molar-refractivity contribution in [2.45, 2.75) is 12.5 Å². The molecule has 1 heteroatoms. The average molecular weight is 173 g/mol. The predicted octanol–water partition coefficient (Wildman–Crippen LogP) is 2.60. The van der Waals surface area contributed by atoms with E-state index >= 15 is 0 Å². The highest BCUT2D eigenvalue weighted by Gasteiger charge is 1.91. The summed E-state index contributed by atoms with van der Waals surface area (Å²) in [6.07, 6.45) is 6.69. The molecule has 1 nitrogen and oxygen atoms in total. The maximum atomic E-state index is 5.77.